The molecule has 2 atom stereocenters. The number of carbonyl (C=O) groups excluding carboxylic acids is 2. The number of hydrogen-bond acceptors (Lipinski definition) is 4. The molecule has 0 aliphatic carbocycles. The molecule has 1 saturated heterocycles. The van der Waals surface area contributed by atoms with Crippen molar-refractivity contribution in [3.8, 4) is 0 Å². The zero-order chi connectivity index (χ0) is 16.2. The number of fused-ring (bicyclic) bond motifs is 1. The minimum absolute atomic E-state index is 0.0184. The fourth-order valence-corrected chi connectivity index (χ4v) is 3.96. The molecule has 3 rings (SSSR count). The second kappa shape index (κ2) is 7.36. The number of anilines is 1. The lowest BCUT2D eigenvalue weighted by Gasteiger charge is -2.29. The standard InChI is InChI=1S/C17H22N2O3S/c1-12(14-6-4-10-22-14)18-16(20)8-9-19-13-5-2-3-7-15(13)23-11-17(19)21/h2-3,5,7,12,14H,4,6,8-11H2,1H3,(H,18,20)/t12-,14+/m1/s1. The van der Waals surface area contributed by atoms with Crippen molar-refractivity contribution in [2.24, 2.45) is 0 Å². The van der Waals surface area contributed by atoms with E-state index in [1.54, 1.807) is 16.7 Å². The molecule has 2 aliphatic heterocycles. The molecule has 6 heteroatoms. The molecule has 1 aromatic carbocycles. The van der Waals surface area contributed by atoms with Crippen LogP contribution in [0.4, 0.5) is 5.69 Å². The first-order chi connectivity index (χ1) is 11.1. The van der Waals surface area contributed by atoms with Crippen LogP contribution in [0.15, 0.2) is 29.2 Å². The largest absolute Gasteiger partial charge is 0.376 e. The van der Waals surface area contributed by atoms with Gasteiger partial charge in [0.2, 0.25) is 11.8 Å². The van der Waals surface area contributed by atoms with Gasteiger partial charge in [-0.15, -0.1) is 11.8 Å². The molecule has 2 heterocycles. The van der Waals surface area contributed by atoms with E-state index >= 15 is 0 Å². The summed E-state index contributed by atoms with van der Waals surface area (Å²) >= 11 is 1.55. The Morgan fingerprint density at radius 1 is 1.48 bits per heavy atom. The number of para-hydroxylation sites is 1. The summed E-state index contributed by atoms with van der Waals surface area (Å²) in [6.45, 7) is 3.17. The lowest BCUT2D eigenvalue weighted by Crippen LogP contribution is -2.43. The van der Waals surface area contributed by atoms with Crippen molar-refractivity contribution < 1.29 is 14.3 Å². The average Bonchev–Trinajstić information content (AvgIpc) is 3.08. The van der Waals surface area contributed by atoms with Crippen LogP contribution in [0.25, 0.3) is 0 Å². The third-order valence-electron chi connectivity index (χ3n) is 4.28. The zero-order valence-electron chi connectivity index (χ0n) is 13.3. The van der Waals surface area contributed by atoms with Gasteiger partial charge in [-0.2, -0.15) is 0 Å². The molecule has 2 aliphatic rings. The number of benzene rings is 1. The summed E-state index contributed by atoms with van der Waals surface area (Å²) in [5, 5.41) is 2.99. The average molecular weight is 334 g/mol. The van der Waals surface area contributed by atoms with Gasteiger partial charge in [0.15, 0.2) is 0 Å². The van der Waals surface area contributed by atoms with E-state index < -0.39 is 0 Å². The molecule has 5 nitrogen and oxygen atoms in total. The van der Waals surface area contributed by atoms with Crippen molar-refractivity contribution in [2.75, 3.05) is 23.8 Å². The van der Waals surface area contributed by atoms with Crippen LogP contribution in [0, 0.1) is 0 Å². The van der Waals surface area contributed by atoms with Gasteiger partial charge in [0, 0.05) is 24.5 Å². The number of nitrogens with zero attached hydrogens (tertiary/aromatic N) is 1. The molecule has 2 amide bonds. The third kappa shape index (κ3) is 3.87. The quantitative estimate of drug-likeness (QED) is 0.897. The molecule has 23 heavy (non-hydrogen) atoms. The number of amides is 2. The molecule has 1 N–H and O–H groups in total. The van der Waals surface area contributed by atoms with Crippen molar-refractivity contribution in [2.45, 2.75) is 43.2 Å². The van der Waals surface area contributed by atoms with E-state index in [0.29, 0.717) is 18.7 Å². The first-order valence-electron chi connectivity index (χ1n) is 8.08. The van der Waals surface area contributed by atoms with E-state index in [0.717, 1.165) is 30.0 Å². The molecular formula is C17H22N2O3S. The van der Waals surface area contributed by atoms with Gasteiger partial charge in [0.25, 0.3) is 0 Å². The number of rotatable bonds is 5. The fraction of sp³-hybridized carbons (Fsp3) is 0.529. The van der Waals surface area contributed by atoms with Crippen molar-refractivity contribution in [3.63, 3.8) is 0 Å². The fourth-order valence-electron chi connectivity index (χ4n) is 3.03. The molecule has 0 saturated carbocycles. The van der Waals surface area contributed by atoms with E-state index in [1.165, 1.54) is 0 Å². The predicted octanol–water partition coefficient (Wildman–Crippen LogP) is 2.20. The van der Waals surface area contributed by atoms with Crippen LogP contribution in [0.3, 0.4) is 0 Å². The summed E-state index contributed by atoms with van der Waals surface area (Å²) < 4.78 is 5.59. The summed E-state index contributed by atoms with van der Waals surface area (Å²) in [7, 11) is 0. The van der Waals surface area contributed by atoms with Crippen LogP contribution in [-0.2, 0) is 14.3 Å². The minimum Gasteiger partial charge on any atom is -0.376 e. The number of thioether (sulfide) groups is 1. The second-order valence-electron chi connectivity index (χ2n) is 5.96. The Morgan fingerprint density at radius 2 is 2.30 bits per heavy atom. The van der Waals surface area contributed by atoms with Crippen molar-refractivity contribution in [1.82, 2.24) is 5.32 Å². The molecule has 0 spiro atoms. The van der Waals surface area contributed by atoms with Gasteiger partial charge in [-0.05, 0) is 31.9 Å². The number of nitrogens with one attached hydrogen (secondary N) is 1. The van der Waals surface area contributed by atoms with Gasteiger partial charge in [-0.3, -0.25) is 9.59 Å². The smallest absolute Gasteiger partial charge is 0.237 e. The van der Waals surface area contributed by atoms with E-state index in [-0.39, 0.29) is 24.0 Å². The first kappa shape index (κ1) is 16.3. The molecule has 0 unspecified atom stereocenters. The van der Waals surface area contributed by atoms with Crippen LogP contribution in [-0.4, -0.2) is 42.9 Å². The highest BCUT2D eigenvalue weighted by atomic mass is 32.2. The van der Waals surface area contributed by atoms with E-state index in [2.05, 4.69) is 5.32 Å². The highest BCUT2D eigenvalue weighted by Gasteiger charge is 2.26. The van der Waals surface area contributed by atoms with E-state index in [1.807, 2.05) is 31.2 Å². The lowest BCUT2D eigenvalue weighted by molar-refractivity contribution is -0.122. The predicted molar refractivity (Wildman–Crippen MR) is 90.7 cm³/mol. The highest BCUT2D eigenvalue weighted by Crippen LogP contribution is 2.34. The third-order valence-corrected chi connectivity index (χ3v) is 5.33. The summed E-state index contributed by atoms with van der Waals surface area (Å²) in [6, 6.07) is 7.86. The van der Waals surface area contributed by atoms with E-state index in [9.17, 15) is 9.59 Å². The Labute approximate surface area is 140 Å². The molecule has 0 aromatic heterocycles. The van der Waals surface area contributed by atoms with Crippen LogP contribution in [0.5, 0.6) is 0 Å². The van der Waals surface area contributed by atoms with E-state index in [4.69, 9.17) is 4.74 Å². The monoisotopic (exact) mass is 334 g/mol. The Bertz CT molecular complexity index is 587. The Morgan fingerprint density at radius 3 is 3.09 bits per heavy atom. The normalized spacial score (nSPS) is 21.9. The maximum Gasteiger partial charge on any atom is 0.237 e. The highest BCUT2D eigenvalue weighted by molar-refractivity contribution is 8.00. The van der Waals surface area contributed by atoms with Gasteiger partial charge in [0.1, 0.15) is 0 Å². The van der Waals surface area contributed by atoms with Crippen LogP contribution < -0.4 is 10.2 Å². The maximum atomic E-state index is 12.2. The Balaban J connectivity index is 1.55. The van der Waals surface area contributed by atoms with Gasteiger partial charge in [-0.1, -0.05) is 12.1 Å². The summed E-state index contributed by atoms with van der Waals surface area (Å²) in [4.78, 5) is 27.1. The molecule has 0 bridgehead atoms. The second-order valence-corrected chi connectivity index (χ2v) is 6.98. The minimum atomic E-state index is -0.0310. The van der Waals surface area contributed by atoms with Gasteiger partial charge >= 0.3 is 0 Å². The molecule has 1 aromatic rings. The number of hydrogen-bond donors (Lipinski definition) is 1. The molecule has 0 radical (unpaired) electrons. The molecule has 124 valence electrons. The van der Waals surface area contributed by atoms with Gasteiger partial charge in [0.05, 0.1) is 23.6 Å². The summed E-state index contributed by atoms with van der Waals surface area (Å²) in [5.41, 5.74) is 0.911. The van der Waals surface area contributed by atoms with Crippen molar-refractivity contribution in [3.05, 3.63) is 24.3 Å². The first-order valence-corrected chi connectivity index (χ1v) is 9.07. The van der Waals surface area contributed by atoms with Crippen LogP contribution >= 0.6 is 11.8 Å². The maximum absolute atomic E-state index is 12.2. The van der Waals surface area contributed by atoms with Crippen LogP contribution in [0.2, 0.25) is 0 Å². The summed E-state index contributed by atoms with van der Waals surface area (Å²) in [6.07, 6.45) is 2.48. The summed E-state index contributed by atoms with van der Waals surface area (Å²) in [5.74, 6) is 0.468. The molecule has 1 fully saturated rings. The SMILES string of the molecule is C[C@@H](NC(=O)CCN1C(=O)CSc2ccccc21)[C@@H]1CCCO1. The zero-order valence-corrected chi connectivity index (χ0v) is 14.1. The lowest BCUT2D eigenvalue weighted by atomic mass is 10.1. The number of ether oxygens (including phenoxy) is 1. The molecular weight excluding hydrogens is 312 g/mol. The Kier molecular flexibility index (Phi) is 5.23. The van der Waals surface area contributed by atoms with Gasteiger partial charge in [-0.25, -0.2) is 0 Å². The number of carbonyl (C=O) groups is 2. The van der Waals surface area contributed by atoms with Crippen molar-refractivity contribution >= 4 is 29.3 Å². The van der Waals surface area contributed by atoms with Gasteiger partial charge < -0.3 is 15.0 Å². The Hall–Kier alpha value is -1.53. The van der Waals surface area contributed by atoms with Crippen molar-refractivity contribution in [1.29, 1.82) is 0 Å². The topological polar surface area (TPSA) is 58.6 Å². The van der Waals surface area contributed by atoms with Crippen LogP contribution in [0.1, 0.15) is 26.2 Å².